The Kier molecular flexibility index (Phi) is 5.40. The van der Waals surface area contributed by atoms with E-state index in [-0.39, 0.29) is 30.2 Å². The molecule has 0 heterocycles. The Balaban J connectivity index is 1.79. The quantitative estimate of drug-likeness (QED) is 0.559. The number of carbonyl (C=O) groups excluding carboxylic acids is 1. The van der Waals surface area contributed by atoms with Crippen molar-refractivity contribution in [1.82, 2.24) is 0 Å². The number of aromatic hydroxyl groups is 1. The molecule has 3 N–H and O–H groups in total. The smallest absolute Gasteiger partial charge is 0.411 e. The van der Waals surface area contributed by atoms with E-state index < -0.39 is 12.1 Å². The summed E-state index contributed by atoms with van der Waals surface area (Å²) in [5.74, 6) is -1.01. The maximum absolute atomic E-state index is 11.6. The van der Waals surface area contributed by atoms with Gasteiger partial charge in [0.15, 0.2) is 0 Å². The number of phenols is 1. The number of hydrogen-bond donors (Lipinski definition) is 3. The Labute approximate surface area is 132 Å². The number of carboxylic acids is 1. The van der Waals surface area contributed by atoms with Crippen LogP contribution in [0.25, 0.3) is 0 Å². The fraction of sp³-hybridized carbons (Fsp3) is 0.125. The Hall–Kier alpha value is -3.22. The number of hydrogen-bond acceptors (Lipinski definition) is 5. The molecule has 0 aliphatic carbocycles. The van der Waals surface area contributed by atoms with E-state index in [4.69, 9.17) is 14.6 Å². The van der Waals surface area contributed by atoms with Gasteiger partial charge in [-0.1, -0.05) is 18.2 Å². The van der Waals surface area contributed by atoms with E-state index in [0.717, 1.165) is 6.07 Å². The lowest BCUT2D eigenvalue weighted by Crippen LogP contribution is -2.17. The van der Waals surface area contributed by atoms with Gasteiger partial charge in [0.05, 0.1) is 0 Å². The predicted octanol–water partition coefficient (Wildman–Crippen LogP) is 2.72. The largest absolute Gasteiger partial charge is 0.507 e. The minimum absolute atomic E-state index is 0.0323. The first-order valence-electron chi connectivity index (χ1n) is 6.74. The van der Waals surface area contributed by atoms with Crippen LogP contribution in [0, 0.1) is 0 Å². The molecular formula is C16H15NO6. The summed E-state index contributed by atoms with van der Waals surface area (Å²) < 4.78 is 10.3. The van der Waals surface area contributed by atoms with Gasteiger partial charge < -0.3 is 19.7 Å². The summed E-state index contributed by atoms with van der Waals surface area (Å²) in [6, 6.07) is 12.8. The number of benzene rings is 2. The number of carbonyl (C=O) groups is 2. The average molecular weight is 317 g/mol. The van der Waals surface area contributed by atoms with Gasteiger partial charge in [-0.2, -0.15) is 0 Å². The molecule has 0 radical (unpaired) electrons. The predicted molar refractivity (Wildman–Crippen MR) is 82.0 cm³/mol. The summed E-state index contributed by atoms with van der Waals surface area (Å²) >= 11 is 0. The van der Waals surface area contributed by atoms with Crippen molar-refractivity contribution in [1.29, 1.82) is 0 Å². The summed E-state index contributed by atoms with van der Waals surface area (Å²) in [5, 5.41) is 20.6. The van der Waals surface area contributed by atoms with Gasteiger partial charge >= 0.3 is 12.1 Å². The maximum Gasteiger partial charge on any atom is 0.411 e. The second-order valence-corrected chi connectivity index (χ2v) is 4.46. The van der Waals surface area contributed by atoms with Crippen molar-refractivity contribution in [3.05, 3.63) is 54.1 Å². The number of aromatic carboxylic acids is 1. The molecule has 2 aromatic carbocycles. The molecule has 2 aromatic rings. The highest BCUT2D eigenvalue weighted by molar-refractivity contribution is 5.93. The van der Waals surface area contributed by atoms with E-state index in [1.807, 2.05) is 18.2 Å². The molecule has 2 rings (SSSR count). The minimum atomic E-state index is -1.30. The number of ether oxygens (including phenoxy) is 2. The lowest BCUT2D eigenvalue weighted by molar-refractivity contribution is 0.0693. The molecule has 7 heteroatoms. The topological polar surface area (TPSA) is 105 Å². The highest BCUT2D eigenvalue weighted by Gasteiger charge is 2.11. The van der Waals surface area contributed by atoms with Gasteiger partial charge in [0.2, 0.25) is 0 Å². The van der Waals surface area contributed by atoms with E-state index in [9.17, 15) is 14.7 Å². The van der Waals surface area contributed by atoms with Crippen molar-refractivity contribution in [2.75, 3.05) is 18.5 Å². The third-order valence-corrected chi connectivity index (χ3v) is 2.80. The zero-order valence-electron chi connectivity index (χ0n) is 12.1. The van der Waals surface area contributed by atoms with Crippen LogP contribution in [0.15, 0.2) is 48.5 Å². The Bertz CT molecular complexity index is 686. The van der Waals surface area contributed by atoms with Gasteiger partial charge in [-0.3, -0.25) is 5.32 Å². The number of amides is 1. The first-order valence-corrected chi connectivity index (χ1v) is 6.74. The standard InChI is InChI=1S/C16H15NO6/c18-14-7-6-11(10-13(14)15(19)20)17-16(21)23-9-8-22-12-4-2-1-3-5-12/h1-7,10,18H,8-9H2,(H,17,21)(H,19,20). The zero-order valence-corrected chi connectivity index (χ0v) is 12.1. The molecule has 0 aliphatic rings. The van der Waals surface area contributed by atoms with E-state index in [0.29, 0.717) is 5.75 Å². The SMILES string of the molecule is O=C(Nc1ccc(O)c(C(=O)O)c1)OCCOc1ccccc1. The normalized spacial score (nSPS) is 9.91. The van der Waals surface area contributed by atoms with Crippen LogP contribution in [0.3, 0.4) is 0 Å². The van der Waals surface area contributed by atoms with Crippen molar-refractivity contribution in [3.8, 4) is 11.5 Å². The molecule has 0 aliphatic heterocycles. The van der Waals surface area contributed by atoms with Gasteiger partial charge in [-0.15, -0.1) is 0 Å². The van der Waals surface area contributed by atoms with Crippen LogP contribution in [-0.2, 0) is 4.74 Å². The molecule has 120 valence electrons. The number of rotatable bonds is 6. The molecule has 0 aromatic heterocycles. The maximum atomic E-state index is 11.6. The monoisotopic (exact) mass is 317 g/mol. The van der Waals surface area contributed by atoms with Gasteiger partial charge in [-0.25, -0.2) is 9.59 Å². The van der Waals surface area contributed by atoms with Crippen molar-refractivity contribution in [2.24, 2.45) is 0 Å². The lowest BCUT2D eigenvalue weighted by atomic mass is 10.2. The van der Waals surface area contributed by atoms with Crippen LogP contribution in [0.4, 0.5) is 10.5 Å². The van der Waals surface area contributed by atoms with E-state index in [2.05, 4.69) is 5.32 Å². The molecule has 1 amide bonds. The number of carboxylic acid groups (broad SMARTS) is 1. The van der Waals surface area contributed by atoms with Crippen LogP contribution in [0.5, 0.6) is 11.5 Å². The Morgan fingerprint density at radius 1 is 1.04 bits per heavy atom. The number of para-hydroxylation sites is 1. The van der Waals surface area contributed by atoms with Gasteiger partial charge in [0.1, 0.15) is 30.3 Å². The summed E-state index contributed by atoms with van der Waals surface area (Å²) in [6.45, 7) is 0.220. The van der Waals surface area contributed by atoms with Gasteiger partial charge in [-0.05, 0) is 30.3 Å². The molecule has 7 nitrogen and oxygen atoms in total. The molecule has 0 bridgehead atoms. The van der Waals surface area contributed by atoms with Gasteiger partial charge in [0.25, 0.3) is 0 Å². The van der Waals surface area contributed by atoms with E-state index in [1.165, 1.54) is 12.1 Å². The van der Waals surface area contributed by atoms with Crippen molar-refractivity contribution in [2.45, 2.75) is 0 Å². The average Bonchev–Trinajstić information content (AvgIpc) is 2.54. The summed E-state index contributed by atoms with van der Waals surface area (Å²) in [7, 11) is 0. The second-order valence-electron chi connectivity index (χ2n) is 4.46. The van der Waals surface area contributed by atoms with Crippen LogP contribution in [0.1, 0.15) is 10.4 Å². The van der Waals surface area contributed by atoms with E-state index in [1.54, 1.807) is 12.1 Å². The summed E-state index contributed by atoms with van der Waals surface area (Å²) in [5.41, 5.74) is -0.107. The van der Waals surface area contributed by atoms with Crippen LogP contribution in [-0.4, -0.2) is 35.5 Å². The van der Waals surface area contributed by atoms with Crippen LogP contribution in [0.2, 0.25) is 0 Å². The second kappa shape index (κ2) is 7.69. The van der Waals surface area contributed by atoms with Crippen molar-refractivity contribution >= 4 is 17.7 Å². The molecule has 0 fully saturated rings. The first-order chi connectivity index (χ1) is 11.1. The molecule has 23 heavy (non-hydrogen) atoms. The minimum Gasteiger partial charge on any atom is -0.507 e. The van der Waals surface area contributed by atoms with Crippen LogP contribution >= 0.6 is 0 Å². The number of anilines is 1. The lowest BCUT2D eigenvalue weighted by Gasteiger charge is -2.09. The molecule has 0 spiro atoms. The van der Waals surface area contributed by atoms with E-state index >= 15 is 0 Å². The molecule has 0 unspecified atom stereocenters. The van der Waals surface area contributed by atoms with Crippen molar-refractivity contribution < 1.29 is 29.3 Å². The zero-order chi connectivity index (χ0) is 16.7. The third-order valence-electron chi connectivity index (χ3n) is 2.80. The fourth-order valence-electron chi connectivity index (χ4n) is 1.75. The summed E-state index contributed by atoms with van der Waals surface area (Å²) in [4.78, 5) is 22.5. The molecule has 0 saturated heterocycles. The summed E-state index contributed by atoms with van der Waals surface area (Å²) in [6.07, 6.45) is -0.747. The first kappa shape index (κ1) is 16.2. The highest BCUT2D eigenvalue weighted by Crippen LogP contribution is 2.21. The molecule has 0 atom stereocenters. The Morgan fingerprint density at radius 3 is 2.48 bits per heavy atom. The van der Waals surface area contributed by atoms with Crippen LogP contribution < -0.4 is 10.1 Å². The van der Waals surface area contributed by atoms with Crippen molar-refractivity contribution in [3.63, 3.8) is 0 Å². The Morgan fingerprint density at radius 2 is 1.78 bits per heavy atom. The molecule has 0 saturated carbocycles. The fourth-order valence-corrected chi connectivity index (χ4v) is 1.75. The van der Waals surface area contributed by atoms with Gasteiger partial charge in [0, 0.05) is 5.69 Å². The number of nitrogens with one attached hydrogen (secondary N) is 1. The molecular weight excluding hydrogens is 302 g/mol. The third kappa shape index (κ3) is 4.92. The highest BCUT2D eigenvalue weighted by atomic mass is 16.6.